The van der Waals surface area contributed by atoms with Gasteiger partial charge in [0.25, 0.3) is 0 Å². The summed E-state index contributed by atoms with van der Waals surface area (Å²) in [4.78, 5) is 0. The minimum Gasteiger partial charge on any atom is -0.373 e. The van der Waals surface area contributed by atoms with Gasteiger partial charge in [0.2, 0.25) is 0 Å². The van der Waals surface area contributed by atoms with Crippen LogP contribution in [0.5, 0.6) is 0 Å². The summed E-state index contributed by atoms with van der Waals surface area (Å²) < 4.78 is 18.9. The zero-order valence-electron chi connectivity index (χ0n) is 9.51. The highest BCUT2D eigenvalue weighted by atomic mass is 19.1. The molecule has 0 spiro atoms. The lowest BCUT2D eigenvalue weighted by molar-refractivity contribution is 0.0404. The first-order valence-electron chi connectivity index (χ1n) is 5.50. The van der Waals surface area contributed by atoms with E-state index >= 15 is 0 Å². The molecule has 0 amide bonds. The van der Waals surface area contributed by atoms with E-state index in [4.69, 9.17) is 4.74 Å². The molecular weight excluding hydrogens is 191 g/mol. The number of ether oxygens (including phenoxy) is 1. The minimum atomic E-state index is -0.143. The normalized spacial score (nSPS) is 20.5. The van der Waals surface area contributed by atoms with E-state index < -0.39 is 0 Å². The molecule has 2 heteroatoms. The van der Waals surface area contributed by atoms with Crippen LogP contribution in [0.1, 0.15) is 43.4 Å². The SMILES string of the molecule is CC1Cc2c(cc(F)cc2C(C)C)CO1. The summed E-state index contributed by atoms with van der Waals surface area (Å²) in [6, 6.07) is 3.27. The zero-order chi connectivity index (χ0) is 11.0. The molecule has 1 heterocycles. The van der Waals surface area contributed by atoms with Gasteiger partial charge in [-0.1, -0.05) is 13.8 Å². The van der Waals surface area contributed by atoms with Gasteiger partial charge in [0, 0.05) is 0 Å². The molecule has 0 N–H and O–H groups in total. The van der Waals surface area contributed by atoms with Crippen LogP contribution in [0.3, 0.4) is 0 Å². The zero-order valence-corrected chi connectivity index (χ0v) is 9.51. The van der Waals surface area contributed by atoms with Gasteiger partial charge in [0.1, 0.15) is 5.82 Å². The molecule has 1 aromatic carbocycles. The summed E-state index contributed by atoms with van der Waals surface area (Å²) in [6.45, 7) is 6.83. The summed E-state index contributed by atoms with van der Waals surface area (Å²) in [7, 11) is 0. The Bertz CT molecular complexity index is 371. The van der Waals surface area contributed by atoms with Crippen molar-refractivity contribution in [1.29, 1.82) is 0 Å². The molecule has 0 fully saturated rings. The summed E-state index contributed by atoms with van der Waals surface area (Å²) in [5.74, 6) is 0.232. The van der Waals surface area contributed by atoms with Crippen LogP contribution >= 0.6 is 0 Å². The van der Waals surface area contributed by atoms with Crippen LogP contribution in [-0.4, -0.2) is 6.10 Å². The number of rotatable bonds is 1. The molecule has 15 heavy (non-hydrogen) atoms. The van der Waals surface area contributed by atoms with Crippen molar-refractivity contribution in [2.24, 2.45) is 0 Å². The predicted octanol–water partition coefficient (Wildman–Crippen LogP) is 3.41. The van der Waals surface area contributed by atoms with E-state index in [0.29, 0.717) is 12.5 Å². The molecule has 0 saturated heterocycles. The lowest BCUT2D eigenvalue weighted by atomic mass is 9.89. The fourth-order valence-electron chi connectivity index (χ4n) is 2.19. The van der Waals surface area contributed by atoms with Crippen LogP contribution in [0.25, 0.3) is 0 Å². The maximum absolute atomic E-state index is 13.4. The number of hydrogen-bond acceptors (Lipinski definition) is 1. The van der Waals surface area contributed by atoms with Crippen molar-refractivity contribution >= 4 is 0 Å². The largest absolute Gasteiger partial charge is 0.373 e. The molecule has 1 aliphatic heterocycles. The smallest absolute Gasteiger partial charge is 0.123 e. The standard InChI is InChI=1S/C13H17FO/c1-8(2)12-6-11(14)5-10-7-15-9(3)4-13(10)12/h5-6,8-9H,4,7H2,1-3H3. The Labute approximate surface area is 90.3 Å². The maximum Gasteiger partial charge on any atom is 0.123 e. The molecule has 1 aromatic rings. The average Bonchev–Trinajstić information content (AvgIpc) is 2.17. The van der Waals surface area contributed by atoms with Gasteiger partial charge in [0.15, 0.2) is 0 Å². The molecule has 2 rings (SSSR count). The van der Waals surface area contributed by atoms with Crippen molar-refractivity contribution in [2.45, 2.75) is 45.8 Å². The topological polar surface area (TPSA) is 9.23 Å². The van der Waals surface area contributed by atoms with Crippen molar-refractivity contribution < 1.29 is 9.13 Å². The Morgan fingerprint density at radius 3 is 2.80 bits per heavy atom. The van der Waals surface area contributed by atoms with Gasteiger partial charge < -0.3 is 4.74 Å². The Balaban J connectivity index is 2.50. The fourth-order valence-corrected chi connectivity index (χ4v) is 2.19. The van der Waals surface area contributed by atoms with Gasteiger partial charge in [-0.05, 0) is 48.1 Å². The van der Waals surface area contributed by atoms with E-state index in [1.807, 2.05) is 0 Å². The highest BCUT2D eigenvalue weighted by molar-refractivity contribution is 5.39. The third-order valence-electron chi connectivity index (χ3n) is 2.98. The summed E-state index contributed by atoms with van der Waals surface area (Å²) in [5, 5.41) is 0. The Morgan fingerprint density at radius 1 is 1.40 bits per heavy atom. The molecule has 0 bridgehead atoms. The van der Waals surface area contributed by atoms with E-state index in [1.165, 1.54) is 5.56 Å². The summed E-state index contributed by atoms with van der Waals surface area (Å²) in [5.41, 5.74) is 3.46. The lowest BCUT2D eigenvalue weighted by Crippen LogP contribution is -2.21. The maximum atomic E-state index is 13.4. The summed E-state index contributed by atoms with van der Waals surface area (Å²) in [6.07, 6.45) is 1.16. The molecule has 0 saturated carbocycles. The number of benzene rings is 1. The van der Waals surface area contributed by atoms with Crippen LogP contribution in [-0.2, 0) is 17.8 Å². The number of hydrogen-bond donors (Lipinski definition) is 0. The molecule has 0 aromatic heterocycles. The van der Waals surface area contributed by atoms with E-state index in [2.05, 4.69) is 20.8 Å². The molecule has 1 atom stereocenters. The predicted molar refractivity (Wildman–Crippen MR) is 58.4 cm³/mol. The first-order valence-corrected chi connectivity index (χ1v) is 5.50. The number of halogens is 1. The van der Waals surface area contributed by atoms with Crippen molar-refractivity contribution in [2.75, 3.05) is 0 Å². The molecule has 1 unspecified atom stereocenters. The van der Waals surface area contributed by atoms with Crippen LogP contribution in [0, 0.1) is 5.82 Å². The van der Waals surface area contributed by atoms with Crippen LogP contribution in [0.4, 0.5) is 4.39 Å². The molecule has 0 aliphatic carbocycles. The van der Waals surface area contributed by atoms with E-state index in [-0.39, 0.29) is 11.9 Å². The van der Waals surface area contributed by atoms with Gasteiger partial charge in [0.05, 0.1) is 12.7 Å². The van der Waals surface area contributed by atoms with E-state index in [0.717, 1.165) is 17.5 Å². The van der Waals surface area contributed by atoms with Crippen molar-refractivity contribution in [3.05, 3.63) is 34.6 Å². The number of fused-ring (bicyclic) bond motifs is 1. The Hall–Kier alpha value is -0.890. The first kappa shape index (κ1) is 10.6. The Morgan fingerprint density at radius 2 is 2.13 bits per heavy atom. The third kappa shape index (κ3) is 2.05. The fraction of sp³-hybridized carbons (Fsp3) is 0.538. The minimum absolute atomic E-state index is 0.143. The van der Waals surface area contributed by atoms with Crippen molar-refractivity contribution in [3.8, 4) is 0 Å². The molecular formula is C13H17FO. The summed E-state index contributed by atoms with van der Waals surface area (Å²) >= 11 is 0. The van der Waals surface area contributed by atoms with E-state index in [9.17, 15) is 4.39 Å². The van der Waals surface area contributed by atoms with Crippen molar-refractivity contribution in [1.82, 2.24) is 0 Å². The second-order valence-corrected chi connectivity index (χ2v) is 4.61. The third-order valence-corrected chi connectivity index (χ3v) is 2.98. The highest BCUT2D eigenvalue weighted by Gasteiger charge is 2.20. The lowest BCUT2D eigenvalue weighted by Gasteiger charge is -2.26. The van der Waals surface area contributed by atoms with Gasteiger partial charge in [-0.25, -0.2) is 4.39 Å². The van der Waals surface area contributed by atoms with Crippen LogP contribution in [0.15, 0.2) is 12.1 Å². The second-order valence-electron chi connectivity index (χ2n) is 4.61. The van der Waals surface area contributed by atoms with E-state index in [1.54, 1.807) is 12.1 Å². The van der Waals surface area contributed by atoms with Crippen LogP contribution in [0.2, 0.25) is 0 Å². The molecule has 0 radical (unpaired) electrons. The van der Waals surface area contributed by atoms with Crippen LogP contribution < -0.4 is 0 Å². The monoisotopic (exact) mass is 208 g/mol. The Kier molecular flexibility index (Phi) is 2.79. The van der Waals surface area contributed by atoms with Gasteiger partial charge >= 0.3 is 0 Å². The van der Waals surface area contributed by atoms with Gasteiger partial charge in [-0.15, -0.1) is 0 Å². The quantitative estimate of drug-likeness (QED) is 0.687. The second kappa shape index (κ2) is 3.93. The average molecular weight is 208 g/mol. The van der Waals surface area contributed by atoms with Gasteiger partial charge in [-0.3, -0.25) is 0 Å². The molecule has 1 nitrogen and oxygen atoms in total. The molecule has 1 aliphatic rings. The van der Waals surface area contributed by atoms with Gasteiger partial charge in [-0.2, -0.15) is 0 Å². The van der Waals surface area contributed by atoms with Crippen molar-refractivity contribution in [3.63, 3.8) is 0 Å². The molecule has 82 valence electrons. The highest BCUT2D eigenvalue weighted by Crippen LogP contribution is 2.29. The first-order chi connectivity index (χ1) is 7.08.